The van der Waals surface area contributed by atoms with Crippen LogP contribution in [0.3, 0.4) is 0 Å². The van der Waals surface area contributed by atoms with E-state index in [1.165, 1.54) is 24.3 Å². The number of benzene rings is 1. The first-order chi connectivity index (χ1) is 12.8. The van der Waals surface area contributed by atoms with E-state index >= 15 is 0 Å². The maximum atomic E-state index is 12.0. The standard InChI is InChI=1S/C15H16N6O6/c1-9(2)27-15-13(21(25)26)14(16-8-17-15)19-18-12(22)7-10-3-5-11(6-4-10)20(23)24/h3-6,8-9H,7H2,1-2H3,(H,18,22)(H,16,17,19). The smallest absolute Gasteiger partial charge is 0.374 e. The molecule has 0 unspecified atom stereocenters. The highest BCUT2D eigenvalue weighted by atomic mass is 16.6. The number of hydrogen-bond acceptors (Lipinski definition) is 9. The van der Waals surface area contributed by atoms with Crippen LogP contribution in [-0.4, -0.2) is 31.8 Å². The summed E-state index contributed by atoms with van der Waals surface area (Å²) < 4.78 is 5.28. The van der Waals surface area contributed by atoms with E-state index in [2.05, 4.69) is 20.8 Å². The van der Waals surface area contributed by atoms with Gasteiger partial charge in [0, 0.05) is 12.1 Å². The minimum atomic E-state index is -0.720. The first-order valence-electron chi connectivity index (χ1n) is 7.72. The number of nitrogens with one attached hydrogen (secondary N) is 2. The van der Waals surface area contributed by atoms with Crippen LogP contribution < -0.4 is 15.6 Å². The Balaban J connectivity index is 2.06. The third-order valence-electron chi connectivity index (χ3n) is 3.15. The topological polar surface area (TPSA) is 162 Å². The second-order valence-corrected chi connectivity index (χ2v) is 5.57. The monoisotopic (exact) mass is 376 g/mol. The minimum absolute atomic E-state index is 0.0911. The fourth-order valence-electron chi connectivity index (χ4n) is 2.02. The molecule has 0 aliphatic heterocycles. The van der Waals surface area contributed by atoms with Gasteiger partial charge >= 0.3 is 5.69 Å². The van der Waals surface area contributed by atoms with Crippen LogP contribution in [-0.2, 0) is 11.2 Å². The van der Waals surface area contributed by atoms with Crippen molar-refractivity contribution in [3.05, 3.63) is 56.4 Å². The van der Waals surface area contributed by atoms with Crippen molar-refractivity contribution >= 4 is 23.1 Å². The SMILES string of the molecule is CC(C)Oc1ncnc(NNC(=O)Cc2ccc([N+](=O)[O-])cc2)c1[N+](=O)[O-]. The molecule has 1 aromatic carbocycles. The zero-order valence-electron chi connectivity index (χ0n) is 14.4. The number of non-ortho nitro benzene ring substituents is 1. The fraction of sp³-hybridized carbons (Fsp3) is 0.267. The summed E-state index contributed by atoms with van der Waals surface area (Å²) in [5.74, 6) is -0.983. The quantitative estimate of drug-likeness (QED) is 0.516. The average molecular weight is 376 g/mol. The predicted molar refractivity (Wildman–Crippen MR) is 93.0 cm³/mol. The summed E-state index contributed by atoms with van der Waals surface area (Å²) >= 11 is 0. The molecule has 12 nitrogen and oxygen atoms in total. The van der Waals surface area contributed by atoms with E-state index in [9.17, 15) is 25.0 Å². The number of carbonyl (C=O) groups is 1. The van der Waals surface area contributed by atoms with Gasteiger partial charge in [-0.2, -0.15) is 4.98 Å². The Morgan fingerprint density at radius 2 is 1.81 bits per heavy atom. The fourth-order valence-corrected chi connectivity index (χ4v) is 2.02. The largest absolute Gasteiger partial charge is 0.470 e. The molecule has 2 rings (SSSR count). The van der Waals surface area contributed by atoms with E-state index in [0.717, 1.165) is 6.33 Å². The van der Waals surface area contributed by atoms with Crippen LogP contribution in [0.4, 0.5) is 17.2 Å². The van der Waals surface area contributed by atoms with Gasteiger partial charge in [0.15, 0.2) is 0 Å². The summed E-state index contributed by atoms with van der Waals surface area (Å²) in [6, 6.07) is 5.44. The molecule has 2 aromatic rings. The van der Waals surface area contributed by atoms with Crippen LogP contribution in [0.2, 0.25) is 0 Å². The van der Waals surface area contributed by atoms with Crippen LogP contribution in [0.25, 0.3) is 0 Å². The number of nitrogens with zero attached hydrogens (tertiary/aromatic N) is 4. The molecule has 12 heteroatoms. The minimum Gasteiger partial charge on any atom is -0.470 e. The van der Waals surface area contributed by atoms with Gasteiger partial charge < -0.3 is 4.74 Å². The molecule has 1 aromatic heterocycles. The number of amides is 1. The molecule has 0 aliphatic rings. The maximum absolute atomic E-state index is 12.0. The summed E-state index contributed by atoms with van der Waals surface area (Å²) in [6.07, 6.45) is 0.623. The Morgan fingerprint density at radius 3 is 2.37 bits per heavy atom. The summed E-state index contributed by atoms with van der Waals surface area (Å²) in [7, 11) is 0. The van der Waals surface area contributed by atoms with E-state index in [-0.39, 0.29) is 29.9 Å². The summed E-state index contributed by atoms with van der Waals surface area (Å²) in [5, 5.41) is 21.9. The molecule has 1 amide bonds. The van der Waals surface area contributed by atoms with Crippen LogP contribution in [0, 0.1) is 20.2 Å². The van der Waals surface area contributed by atoms with Crippen LogP contribution in [0.15, 0.2) is 30.6 Å². The van der Waals surface area contributed by atoms with Gasteiger partial charge in [0.25, 0.3) is 11.6 Å². The Bertz CT molecular complexity index is 854. The van der Waals surface area contributed by atoms with Crippen molar-refractivity contribution in [2.45, 2.75) is 26.4 Å². The average Bonchev–Trinajstić information content (AvgIpc) is 2.59. The molecule has 0 atom stereocenters. The molecule has 0 bridgehead atoms. The van der Waals surface area contributed by atoms with E-state index < -0.39 is 21.4 Å². The third kappa shape index (κ3) is 5.32. The van der Waals surface area contributed by atoms with Crippen LogP contribution >= 0.6 is 0 Å². The van der Waals surface area contributed by atoms with Crippen molar-refractivity contribution in [2.75, 3.05) is 5.43 Å². The molecule has 0 spiro atoms. The van der Waals surface area contributed by atoms with Crippen molar-refractivity contribution in [2.24, 2.45) is 0 Å². The maximum Gasteiger partial charge on any atom is 0.374 e. The highest BCUT2D eigenvalue weighted by molar-refractivity contribution is 5.80. The zero-order valence-corrected chi connectivity index (χ0v) is 14.4. The van der Waals surface area contributed by atoms with E-state index in [1.54, 1.807) is 13.8 Å². The second-order valence-electron chi connectivity index (χ2n) is 5.57. The molecular formula is C15H16N6O6. The molecule has 2 N–H and O–H groups in total. The van der Waals surface area contributed by atoms with Crippen LogP contribution in [0.1, 0.15) is 19.4 Å². The Kier molecular flexibility index (Phi) is 6.14. The summed E-state index contributed by atoms with van der Waals surface area (Å²) in [6.45, 7) is 3.37. The van der Waals surface area contributed by atoms with Gasteiger partial charge in [-0.1, -0.05) is 12.1 Å². The lowest BCUT2D eigenvalue weighted by Gasteiger charge is -2.12. The number of anilines is 1. The van der Waals surface area contributed by atoms with Gasteiger partial charge in [-0.25, -0.2) is 4.98 Å². The number of nitro benzene ring substituents is 1. The number of nitro groups is 2. The first-order valence-corrected chi connectivity index (χ1v) is 7.72. The van der Waals surface area contributed by atoms with Gasteiger partial charge in [-0.05, 0) is 19.4 Å². The number of ether oxygens (including phenoxy) is 1. The van der Waals surface area contributed by atoms with Crippen LogP contribution in [0.5, 0.6) is 5.88 Å². The number of carbonyl (C=O) groups excluding carboxylic acids is 1. The van der Waals surface area contributed by atoms with Gasteiger partial charge in [0.05, 0.1) is 22.4 Å². The lowest BCUT2D eigenvalue weighted by molar-refractivity contribution is -0.385. The van der Waals surface area contributed by atoms with E-state index in [1.807, 2.05) is 0 Å². The van der Waals surface area contributed by atoms with Crippen molar-refractivity contribution in [1.82, 2.24) is 15.4 Å². The van der Waals surface area contributed by atoms with Crippen molar-refractivity contribution < 1.29 is 19.4 Å². The lowest BCUT2D eigenvalue weighted by Crippen LogP contribution is -2.31. The van der Waals surface area contributed by atoms with Crippen molar-refractivity contribution in [3.63, 3.8) is 0 Å². The van der Waals surface area contributed by atoms with E-state index in [0.29, 0.717) is 5.56 Å². The Hall–Kier alpha value is -3.83. The van der Waals surface area contributed by atoms with Gasteiger partial charge in [-0.15, -0.1) is 0 Å². The zero-order chi connectivity index (χ0) is 20.0. The Labute approximate surface area is 152 Å². The van der Waals surface area contributed by atoms with Crippen molar-refractivity contribution in [3.8, 4) is 5.88 Å². The van der Waals surface area contributed by atoms with Gasteiger partial charge in [0.1, 0.15) is 6.33 Å². The number of hydrogen-bond donors (Lipinski definition) is 2. The third-order valence-corrected chi connectivity index (χ3v) is 3.15. The number of aromatic nitrogens is 2. The highest BCUT2D eigenvalue weighted by Gasteiger charge is 2.25. The second kappa shape index (κ2) is 8.51. The number of hydrazine groups is 1. The molecule has 0 saturated carbocycles. The van der Waals surface area contributed by atoms with Gasteiger partial charge in [0.2, 0.25) is 11.7 Å². The summed E-state index contributed by atoms with van der Waals surface area (Å²) in [5.41, 5.74) is 4.59. The molecular weight excluding hydrogens is 360 g/mol. The lowest BCUT2D eigenvalue weighted by atomic mass is 10.1. The Morgan fingerprint density at radius 1 is 1.15 bits per heavy atom. The van der Waals surface area contributed by atoms with Gasteiger partial charge in [-0.3, -0.25) is 35.9 Å². The normalized spacial score (nSPS) is 10.3. The van der Waals surface area contributed by atoms with E-state index in [4.69, 9.17) is 4.74 Å². The summed E-state index contributed by atoms with van der Waals surface area (Å²) in [4.78, 5) is 40.1. The predicted octanol–water partition coefficient (Wildman–Crippen LogP) is 1.77. The first kappa shape index (κ1) is 19.5. The molecule has 0 radical (unpaired) electrons. The molecule has 27 heavy (non-hydrogen) atoms. The highest BCUT2D eigenvalue weighted by Crippen LogP contribution is 2.30. The molecule has 0 fully saturated rings. The molecule has 1 heterocycles. The molecule has 142 valence electrons. The van der Waals surface area contributed by atoms with Crippen molar-refractivity contribution in [1.29, 1.82) is 0 Å². The molecule has 0 saturated heterocycles. The molecule has 0 aliphatic carbocycles. The number of rotatable bonds is 8.